The van der Waals surface area contributed by atoms with Gasteiger partial charge in [-0.1, -0.05) is 56.3 Å². The molecular formula is C17H25N3O. The molecule has 0 N–H and O–H groups in total. The Kier molecular flexibility index (Phi) is 5.93. The van der Waals surface area contributed by atoms with Crippen molar-refractivity contribution in [1.82, 2.24) is 15.0 Å². The minimum atomic E-state index is 0.548. The van der Waals surface area contributed by atoms with Gasteiger partial charge in [0.05, 0.1) is 6.54 Å². The van der Waals surface area contributed by atoms with Crippen LogP contribution in [0.4, 0.5) is 0 Å². The molecule has 0 fully saturated rings. The highest BCUT2D eigenvalue weighted by Crippen LogP contribution is 2.11. The lowest BCUT2D eigenvalue weighted by atomic mass is 10.1. The molecule has 1 aromatic carbocycles. The highest BCUT2D eigenvalue weighted by Gasteiger charge is 2.12. The van der Waals surface area contributed by atoms with Crippen LogP contribution in [0.5, 0.6) is 0 Å². The molecule has 114 valence electrons. The van der Waals surface area contributed by atoms with Crippen molar-refractivity contribution in [2.75, 3.05) is 6.54 Å². The molecule has 4 nitrogen and oxygen atoms in total. The average molecular weight is 287 g/mol. The third-order valence-electron chi connectivity index (χ3n) is 3.25. The number of hydrogen-bond acceptors (Lipinski definition) is 4. The van der Waals surface area contributed by atoms with Crippen molar-refractivity contribution in [1.29, 1.82) is 0 Å². The van der Waals surface area contributed by atoms with E-state index in [0.29, 0.717) is 12.5 Å². The maximum absolute atomic E-state index is 5.38. The largest absolute Gasteiger partial charge is 0.338 e. The van der Waals surface area contributed by atoms with E-state index < -0.39 is 0 Å². The van der Waals surface area contributed by atoms with Gasteiger partial charge in [-0.05, 0) is 24.4 Å². The molecule has 2 rings (SSSR count). The first kappa shape index (κ1) is 15.7. The zero-order chi connectivity index (χ0) is 15.1. The standard InChI is InChI=1S/C17H25N3O/c1-4-10-20(12-15-8-6-5-7-9-15)13-17-18-16(19-21-17)11-14(2)3/h5-9,14H,4,10-13H2,1-3H3. The second-order valence-electron chi connectivity index (χ2n) is 5.90. The minimum Gasteiger partial charge on any atom is -0.338 e. The van der Waals surface area contributed by atoms with Crippen molar-refractivity contribution < 1.29 is 4.52 Å². The first-order valence-corrected chi connectivity index (χ1v) is 7.75. The van der Waals surface area contributed by atoms with Gasteiger partial charge in [0, 0.05) is 13.0 Å². The Bertz CT molecular complexity index is 522. The number of nitrogens with zero attached hydrogens (tertiary/aromatic N) is 3. The number of hydrogen-bond donors (Lipinski definition) is 0. The molecule has 0 saturated heterocycles. The Morgan fingerprint density at radius 1 is 1.14 bits per heavy atom. The fourth-order valence-corrected chi connectivity index (χ4v) is 2.37. The average Bonchev–Trinajstić information content (AvgIpc) is 2.86. The summed E-state index contributed by atoms with van der Waals surface area (Å²) in [7, 11) is 0. The first-order chi connectivity index (χ1) is 10.2. The molecule has 0 amide bonds. The van der Waals surface area contributed by atoms with Gasteiger partial charge in [-0.15, -0.1) is 0 Å². The van der Waals surface area contributed by atoms with Gasteiger partial charge in [-0.2, -0.15) is 4.98 Å². The van der Waals surface area contributed by atoms with Gasteiger partial charge in [0.15, 0.2) is 5.82 Å². The van der Waals surface area contributed by atoms with E-state index in [4.69, 9.17) is 4.52 Å². The molecule has 0 spiro atoms. The molecule has 0 atom stereocenters. The first-order valence-electron chi connectivity index (χ1n) is 7.75. The van der Waals surface area contributed by atoms with E-state index in [1.807, 2.05) is 6.07 Å². The summed E-state index contributed by atoms with van der Waals surface area (Å²) in [5.41, 5.74) is 1.31. The van der Waals surface area contributed by atoms with E-state index >= 15 is 0 Å². The van der Waals surface area contributed by atoms with Crippen molar-refractivity contribution in [3.63, 3.8) is 0 Å². The van der Waals surface area contributed by atoms with E-state index in [2.05, 4.69) is 60.1 Å². The van der Waals surface area contributed by atoms with Crippen LogP contribution in [0.15, 0.2) is 34.9 Å². The molecule has 0 bridgehead atoms. The third-order valence-corrected chi connectivity index (χ3v) is 3.25. The molecule has 0 aliphatic carbocycles. The van der Waals surface area contributed by atoms with Crippen LogP contribution in [-0.4, -0.2) is 21.6 Å². The van der Waals surface area contributed by atoms with Gasteiger partial charge in [0.25, 0.3) is 0 Å². The lowest BCUT2D eigenvalue weighted by Crippen LogP contribution is -2.23. The smallest absolute Gasteiger partial charge is 0.240 e. The van der Waals surface area contributed by atoms with Crippen molar-refractivity contribution in [3.05, 3.63) is 47.6 Å². The van der Waals surface area contributed by atoms with Crippen molar-refractivity contribution in [3.8, 4) is 0 Å². The Morgan fingerprint density at radius 3 is 2.57 bits per heavy atom. The molecule has 1 heterocycles. The maximum Gasteiger partial charge on any atom is 0.240 e. The van der Waals surface area contributed by atoms with E-state index in [-0.39, 0.29) is 0 Å². The van der Waals surface area contributed by atoms with Gasteiger partial charge in [-0.3, -0.25) is 4.90 Å². The van der Waals surface area contributed by atoms with Gasteiger partial charge in [0.1, 0.15) is 0 Å². The molecule has 21 heavy (non-hydrogen) atoms. The zero-order valence-corrected chi connectivity index (χ0v) is 13.2. The summed E-state index contributed by atoms with van der Waals surface area (Å²) < 4.78 is 5.38. The molecule has 4 heteroatoms. The summed E-state index contributed by atoms with van der Waals surface area (Å²) >= 11 is 0. The van der Waals surface area contributed by atoms with Crippen LogP contribution < -0.4 is 0 Å². The van der Waals surface area contributed by atoms with Gasteiger partial charge in [-0.25, -0.2) is 0 Å². The molecule has 0 aliphatic heterocycles. The third kappa shape index (κ3) is 5.31. The van der Waals surface area contributed by atoms with Crippen molar-refractivity contribution >= 4 is 0 Å². The van der Waals surface area contributed by atoms with Crippen LogP contribution in [0.25, 0.3) is 0 Å². The molecule has 1 aromatic heterocycles. The second kappa shape index (κ2) is 7.93. The SMILES string of the molecule is CCCN(Cc1ccccc1)Cc1nc(CC(C)C)no1. The van der Waals surface area contributed by atoms with Crippen LogP contribution in [-0.2, 0) is 19.5 Å². The van der Waals surface area contributed by atoms with Crippen LogP contribution in [0.2, 0.25) is 0 Å². The molecular weight excluding hydrogens is 262 g/mol. The molecule has 0 radical (unpaired) electrons. The lowest BCUT2D eigenvalue weighted by molar-refractivity contribution is 0.219. The minimum absolute atomic E-state index is 0.548. The lowest BCUT2D eigenvalue weighted by Gasteiger charge is -2.19. The molecule has 2 aromatic rings. The Morgan fingerprint density at radius 2 is 1.90 bits per heavy atom. The molecule has 0 unspecified atom stereocenters. The summed E-state index contributed by atoms with van der Waals surface area (Å²) in [5, 5.41) is 4.06. The van der Waals surface area contributed by atoms with Crippen LogP contribution in [0, 0.1) is 5.92 Å². The summed E-state index contributed by atoms with van der Waals surface area (Å²) in [6.07, 6.45) is 1.98. The van der Waals surface area contributed by atoms with Crippen molar-refractivity contribution in [2.45, 2.75) is 46.7 Å². The van der Waals surface area contributed by atoms with E-state index in [1.54, 1.807) is 0 Å². The van der Waals surface area contributed by atoms with Crippen LogP contribution in [0.1, 0.15) is 44.5 Å². The normalized spacial score (nSPS) is 11.5. The Balaban J connectivity index is 1.97. The quantitative estimate of drug-likeness (QED) is 0.742. The summed E-state index contributed by atoms with van der Waals surface area (Å²) in [5.74, 6) is 2.08. The van der Waals surface area contributed by atoms with Gasteiger partial charge < -0.3 is 4.52 Å². The highest BCUT2D eigenvalue weighted by atomic mass is 16.5. The Hall–Kier alpha value is -1.68. The van der Waals surface area contributed by atoms with Crippen LogP contribution in [0.3, 0.4) is 0 Å². The van der Waals surface area contributed by atoms with E-state index in [1.165, 1.54) is 5.56 Å². The molecule has 0 aliphatic rings. The summed E-state index contributed by atoms with van der Waals surface area (Å²) in [6.45, 7) is 9.17. The van der Waals surface area contributed by atoms with Gasteiger partial charge >= 0.3 is 0 Å². The Labute approximate surface area is 127 Å². The number of rotatable bonds is 8. The molecule has 0 saturated carbocycles. The van der Waals surface area contributed by atoms with E-state index in [9.17, 15) is 0 Å². The fourth-order valence-electron chi connectivity index (χ4n) is 2.37. The zero-order valence-electron chi connectivity index (χ0n) is 13.2. The number of benzene rings is 1. The number of aromatic nitrogens is 2. The summed E-state index contributed by atoms with van der Waals surface area (Å²) in [6, 6.07) is 10.5. The van der Waals surface area contributed by atoms with E-state index in [0.717, 1.165) is 37.6 Å². The second-order valence-corrected chi connectivity index (χ2v) is 5.90. The summed E-state index contributed by atoms with van der Waals surface area (Å²) in [4.78, 5) is 6.84. The monoisotopic (exact) mass is 287 g/mol. The van der Waals surface area contributed by atoms with Crippen molar-refractivity contribution in [2.24, 2.45) is 5.92 Å². The van der Waals surface area contributed by atoms with Crippen LogP contribution >= 0.6 is 0 Å². The predicted octanol–water partition coefficient (Wildman–Crippen LogP) is 3.68. The van der Waals surface area contributed by atoms with Gasteiger partial charge in [0.2, 0.25) is 5.89 Å². The highest BCUT2D eigenvalue weighted by molar-refractivity contribution is 5.14. The predicted molar refractivity (Wildman–Crippen MR) is 83.7 cm³/mol. The topological polar surface area (TPSA) is 42.2 Å². The maximum atomic E-state index is 5.38. The fraction of sp³-hybridized carbons (Fsp3) is 0.529.